The number of amides is 1. The highest BCUT2D eigenvalue weighted by atomic mass is 19.1. The van der Waals surface area contributed by atoms with Gasteiger partial charge in [-0.05, 0) is 17.7 Å². The number of rotatable bonds is 8. The molecule has 1 atom stereocenters. The second kappa shape index (κ2) is 10.1. The van der Waals surface area contributed by atoms with E-state index in [1.807, 2.05) is 6.07 Å². The molecule has 1 amide bonds. The van der Waals surface area contributed by atoms with Crippen molar-refractivity contribution in [2.45, 2.75) is 12.5 Å². The van der Waals surface area contributed by atoms with Gasteiger partial charge >= 0.3 is 11.9 Å². The summed E-state index contributed by atoms with van der Waals surface area (Å²) >= 11 is 0. The van der Waals surface area contributed by atoms with E-state index in [1.54, 1.807) is 24.3 Å². The zero-order valence-corrected chi connectivity index (χ0v) is 15.4. The largest absolute Gasteiger partial charge is 0.497 e. The summed E-state index contributed by atoms with van der Waals surface area (Å²) in [5.41, 5.74) is 0.484. The fourth-order valence-corrected chi connectivity index (χ4v) is 2.42. The first-order chi connectivity index (χ1) is 13.4. The van der Waals surface area contributed by atoms with Crippen LogP contribution in [0.2, 0.25) is 0 Å². The number of carbonyl (C=O) groups excluding carboxylic acids is 3. The van der Waals surface area contributed by atoms with Crippen molar-refractivity contribution in [2.75, 3.05) is 20.8 Å². The molecule has 0 saturated carbocycles. The maximum atomic E-state index is 13.9. The third-order valence-electron chi connectivity index (χ3n) is 3.83. The van der Waals surface area contributed by atoms with Crippen LogP contribution >= 0.6 is 0 Å². The van der Waals surface area contributed by atoms with Gasteiger partial charge in [-0.1, -0.05) is 30.3 Å². The third-order valence-corrected chi connectivity index (χ3v) is 3.83. The maximum absolute atomic E-state index is 13.9. The molecule has 2 aromatic rings. The van der Waals surface area contributed by atoms with Gasteiger partial charge in [0.25, 0.3) is 5.91 Å². The van der Waals surface area contributed by atoms with Gasteiger partial charge in [-0.2, -0.15) is 0 Å². The van der Waals surface area contributed by atoms with Crippen LogP contribution in [0.25, 0.3) is 0 Å². The molecule has 2 aromatic carbocycles. The Morgan fingerprint density at radius 3 is 2.39 bits per heavy atom. The SMILES string of the molecule is COC(=O)C(Cc1ccccc1)NC(=O)COC(=O)c1ccc(OC)cc1F. The molecule has 0 heterocycles. The van der Waals surface area contributed by atoms with Crippen molar-refractivity contribution in [1.82, 2.24) is 5.32 Å². The minimum atomic E-state index is -1.01. The Kier molecular flexibility index (Phi) is 7.50. The molecule has 148 valence electrons. The highest BCUT2D eigenvalue weighted by Gasteiger charge is 2.23. The van der Waals surface area contributed by atoms with Crippen LogP contribution in [-0.4, -0.2) is 44.7 Å². The van der Waals surface area contributed by atoms with Crippen LogP contribution in [-0.2, 0) is 25.5 Å². The first-order valence-electron chi connectivity index (χ1n) is 8.36. The van der Waals surface area contributed by atoms with Crippen LogP contribution in [0.15, 0.2) is 48.5 Å². The molecule has 0 aliphatic rings. The van der Waals surface area contributed by atoms with Gasteiger partial charge in [0.05, 0.1) is 19.8 Å². The Hall–Kier alpha value is -3.42. The molecule has 0 spiro atoms. The lowest BCUT2D eigenvalue weighted by molar-refractivity contribution is -0.145. The predicted octanol–water partition coefficient (Wildman–Crippen LogP) is 1.89. The number of hydrogen-bond acceptors (Lipinski definition) is 6. The van der Waals surface area contributed by atoms with Gasteiger partial charge in [0, 0.05) is 12.5 Å². The van der Waals surface area contributed by atoms with Crippen molar-refractivity contribution in [3.63, 3.8) is 0 Å². The third kappa shape index (κ3) is 5.80. The van der Waals surface area contributed by atoms with Crippen molar-refractivity contribution in [1.29, 1.82) is 0 Å². The summed E-state index contributed by atoms with van der Waals surface area (Å²) in [6.45, 7) is -0.674. The lowest BCUT2D eigenvalue weighted by Gasteiger charge is -2.16. The normalized spacial score (nSPS) is 11.2. The molecule has 7 nitrogen and oxygen atoms in total. The number of halogens is 1. The molecule has 1 unspecified atom stereocenters. The van der Waals surface area contributed by atoms with Gasteiger partial charge < -0.3 is 19.5 Å². The summed E-state index contributed by atoms with van der Waals surface area (Å²) in [6, 6.07) is 11.7. The number of nitrogens with one attached hydrogen (secondary N) is 1. The van der Waals surface area contributed by atoms with Crippen molar-refractivity contribution < 1.29 is 33.0 Å². The fourth-order valence-electron chi connectivity index (χ4n) is 2.42. The molecule has 8 heteroatoms. The molecule has 0 aliphatic heterocycles. The first-order valence-corrected chi connectivity index (χ1v) is 8.36. The summed E-state index contributed by atoms with van der Waals surface area (Å²) in [5, 5.41) is 2.45. The lowest BCUT2D eigenvalue weighted by Crippen LogP contribution is -2.44. The number of ether oxygens (including phenoxy) is 3. The number of hydrogen-bond donors (Lipinski definition) is 1. The molecular formula is C20H20FNO6. The van der Waals surface area contributed by atoms with Crippen LogP contribution in [0.5, 0.6) is 5.75 Å². The summed E-state index contributed by atoms with van der Waals surface area (Å²) in [5.74, 6) is -2.94. The van der Waals surface area contributed by atoms with E-state index in [9.17, 15) is 18.8 Å². The Bertz CT molecular complexity index is 840. The molecular weight excluding hydrogens is 369 g/mol. The summed E-state index contributed by atoms with van der Waals surface area (Å²) in [4.78, 5) is 35.9. The molecule has 0 saturated heterocycles. The fraction of sp³-hybridized carbons (Fsp3) is 0.250. The lowest BCUT2D eigenvalue weighted by atomic mass is 10.1. The smallest absolute Gasteiger partial charge is 0.341 e. The van der Waals surface area contributed by atoms with Crippen molar-refractivity contribution >= 4 is 17.8 Å². The minimum absolute atomic E-state index is 0.209. The number of carbonyl (C=O) groups is 3. The Balaban J connectivity index is 1.95. The molecule has 1 N–H and O–H groups in total. The Labute approximate surface area is 161 Å². The monoisotopic (exact) mass is 389 g/mol. The Morgan fingerprint density at radius 2 is 1.79 bits per heavy atom. The van der Waals surface area contributed by atoms with E-state index in [0.29, 0.717) is 0 Å². The second-order valence-corrected chi connectivity index (χ2v) is 5.75. The first kappa shape index (κ1) is 20.9. The van der Waals surface area contributed by atoms with Crippen LogP contribution < -0.4 is 10.1 Å². The standard InChI is InChI=1S/C20H20FNO6/c1-26-14-8-9-15(16(21)11-14)19(24)28-12-18(23)22-17(20(25)27-2)10-13-6-4-3-5-7-13/h3-9,11,17H,10,12H2,1-2H3,(H,22,23). The summed E-state index contributed by atoms with van der Waals surface area (Å²) in [6.07, 6.45) is 0.209. The van der Waals surface area contributed by atoms with Crippen LogP contribution in [0, 0.1) is 5.82 Å². The molecule has 0 fully saturated rings. The summed E-state index contributed by atoms with van der Waals surface area (Å²) in [7, 11) is 2.57. The average Bonchev–Trinajstić information content (AvgIpc) is 2.71. The zero-order chi connectivity index (χ0) is 20.5. The van der Waals surface area contributed by atoms with Gasteiger partial charge in [0.15, 0.2) is 6.61 Å². The summed E-state index contributed by atoms with van der Waals surface area (Å²) < 4.78 is 28.2. The zero-order valence-electron chi connectivity index (χ0n) is 15.4. The maximum Gasteiger partial charge on any atom is 0.341 e. The number of methoxy groups -OCH3 is 2. The molecule has 2 rings (SSSR count). The van der Waals surface area contributed by atoms with E-state index in [1.165, 1.54) is 26.4 Å². The van der Waals surface area contributed by atoms with Crippen molar-refractivity contribution in [2.24, 2.45) is 0 Å². The van der Waals surface area contributed by atoms with Crippen LogP contribution in [0.1, 0.15) is 15.9 Å². The highest BCUT2D eigenvalue weighted by Crippen LogP contribution is 2.17. The van der Waals surface area contributed by atoms with Crippen LogP contribution in [0.4, 0.5) is 4.39 Å². The number of esters is 2. The van der Waals surface area contributed by atoms with Gasteiger partial charge in [-0.25, -0.2) is 14.0 Å². The molecule has 0 aromatic heterocycles. The second-order valence-electron chi connectivity index (χ2n) is 5.75. The van der Waals surface area contributed by atoms with E-state index in [2.05, 4.69) is 5.32 Å². The van der Waals surface area contributed by atoms with Crippen molar-refractivity contribution in [3.8, 4) is 5.75 Å². The van der Waals surface area contributed by atoms with Gasteiger partial charge in [0.1, 0.15) is 17.6 Å². The van der Waals surface area contributed by atoms with E-state index < -0.39 is 36.3 Å². The average molecular weight is 389 g/mol. The van der Waals surface area contributed by atoms with E-state index in [-0.39, 0.29) is 17.7 Å². The van der Waals surface area contributed by atoms with Gasteiger partial charge in [0.2, 0.25) is 0 Å². The van der Waals surface area contributed by atoms with E-state index in [0.717, 1.165) is 11.6 Å². The van der Waals surface area contributed by atoms with Crippen molar-refractivity contribution in [3.05, 3.63) is 65.5 Å². The van der Waals surface area contributed by atoms with E-state index in [4.69, 9.17) is 14.2 Å². The van der Waals surface area contributed by atoms with E-state index >= 15 is 0 Å². The van der Waals surface area contributed by atoms with Gasteiger partial charge in [-0.3, -0.25) is 4.79 Å². The minimum Gasteiger partial charge on any atom is -0.497 e. The molecule has 0 radical (unpaired) electrons. The topological polar surface area (TPSA) is 90.9 Å². The van der Waals surface area contributed by atoms with Crippen LogP contribution in [0.3, 0.4) is 0 Å². The molecule has 0 bridgehead atoms. The molecule has 28 heavy (non-hydrogen) atoms. The molecule has 0 aliphatic carbocycles. The quantitative estimate of drug-likeness (QED) is 0.694. The van der Waals surface area contributed by atoms with Gasteiger partial charge in [-0.15, -0.1) is 0 Å². The number of benzene rings is 2. The predicted molar refractivity (Wildman–Crippen MR) is 97.3 cm³/mol. The Morgan fingerprint density at radius 1 is 1.07 bits per heavy atom. The highest BCUT2D eigenvalue weighted by molar-refractivity contribution is 5.92.